The van der Waals surface area contributed by atoms with Crippen LogP contribution in [0.25, 0.3) is 28.0 Å². The molecule has 7 heteroatoms. The van der Waals surface area contributed by atoms with Gasteiger partial charge in [0.2, 0.25) is 5.88 Å². The van der Waals surface area contributed by atoms with Gasteiger partial charge in [0, 0.05) is 17.3 Å². The van der Waals surface area contributed by atoms with Crippen LogP contribution in [0.4, 0.5) is 0 Å². The maximum absolute atomic E-state index is 6.31. The highest BCUT2D eigenvalue weighted by molar-refractivity contribution is 7.09. The molecule has 28 heavy (non-hydrogen) atoms. The van der Waals surface area contributed by atoms with Crippen LogP contribution in [0.15, 0.2) is 36.7 Å². The zero-order chi connectivity index (χ0) is 20.1. The number of aromatic nitrogens is 3. The van der Waals surface area contributed by atoms with Gasteiger partial charge in [0.05, 0.1) is 19.5 Å². The highest BCUT2D eigenvalue weighted by atomic mass is 35.5. The number of hydrogen-bond donors (Lipinski definition) is 0. The molecule has 2 aromatic heterocycles. The van der Waals surface area contributed by atoms with Crippen molar-refractivity contribution in [2.24, 2.45) is 0 Å². The van der Waals surface area contributed by atoms with Crippen molar-refractivity contribution < 1.29 is 9.47 Å². The minimum Gasteiger partial charge on any atom is -0.504 e. The summed E-state index contributed by atoms with van der Waals surface area (Å²) in [5, 5.41) is 1.23. The van der Waals surface area contributed by atoms with E-state index in [2.05, 4.69) is 22.3 Å². The molecule has 0 fully saturated rings. The Balaban J connectivity index is 1.95. The van der Waals surface area contributed by atoms with Crippen LogP contribution in [0.1, 0.15) is 31.9 Å². The third kappa shape index (κ3) is 4.51. The number of rotatable bonds is 7. The largest absolute Gasteiger partial charge is 0.504 e. The maximum atomic E-state index is 6.31. The van der Waals surface area contributed by atoms with Gasteiger partial charge in [-0.05, 0) is 55.1 Å². The van der Waals surface area contributed by atoms with Gasteiger partial charge < -0.3 is 9.47 Å². The monoisotopic (exact) mass is 415 g/mol. The van der Waals surface area contributed by atoms with Gasteiger partial charge in [0.25, 0.3) is 0 Å². The van der Waals surface area contributed by atoms with Crippen molar-refractivity contribution in [3.8, 4) is 27.8 Å². The van der Waals surface area contributed by atoms with Crippen LogP contribution in [-0.2, 0) is 11.2 Å². The van der Waals surface area contributed by atoms with Crippen molar-refractivity contribution >= 4 is 29.2 Å². The first-order valence-electron chi connectivity index (χ1n) is 9.01. The Kier molecular flexibility index (Phi) is 6.65. The lowest BCUT2D eigenvalue weighted by molar-refractivity contribution is 0.233. The molecule has 1 aromatic carbocycles. The van der Waals surface area contributed by atoms with Crippen LogP contribution in [0, 0.1) is 0 Å². The van der Waals surface area contributed by atoms with Crippen LogP contribution in [0.3, 0.4) is 0 Å². The topological polar surface area (TPSA) is 57.1 Å². The highest BCUT2D eigenvalue weighted by Gasteiger charge is 2.15. The minimum atomic E-state index is 0.0101. The molecule has 3 rings (SSSR count). The smallest absolute Gasteiger partial charge is 0.232 e. The lowest BCUT2D eigenvalue weighted by Crippen LogP contribution is -2.07. The van der Waals surface area contributed by atoms with E-state index in [1.165, 1.54) is 17.1 Å². The first-order valence-corrected chi connectivity index (χ1v) is 10.2. The SMILES string of the molecule is CCc1c(C=COC)cccc1-c1nsc(-c2cnc(OC(C)C)c(Cl)c2)n1. The average Bonchev–Trinajstić information content (AvgIpc) is 3.17. The van der Waals surface area contributed by atoms with Crippen molar-refractivity contribution in [2.45, 2.75) is 33.3 Å². The molecule has 3 aromatic rings. The Morgan fingerprint density at radius 2 is 2.11 bits per heavy atom. The fourth-order valence-corrected chi connectivity index (χ4v) is 3.68. The number of hydrogen-bond acceptors (Lipinski definition) is 6. The van der Waals surface area contributed by atoms with E-state index in [9.17, 15) is 0 Å². The zero-order valence-electron chi connectivity index (χ0n) is 16.3. The number of halogens is 1. The number of methoxy groups -OCH3 is 1. The molecule has 0 atom stereocenters. The summed E-state index contributed by atoms with van der Waals surface area (Å²) in [6.07, 6.45) is 6.21. The molecule has 146 valence electrons. The van der Waals surface area contributed by atoms with Gasteiger partial charge in [-0.25, -0.2) is 9.97 Å². The molecule has 0 aliphatic carbocycles. The Bertz CT molecular complexity index is 986. The molecule has 0 unspecified atom stereocenters. The van der Waals surface area contributed by atoms with Gasteiger partial charge in [-0.1, -0.05) is 36.7 Å². The molecular formula is C21H22ClN3O2S. The molecular weight excluding hydrogens is 394 g/mol. The third-order valence-corrected chi connectivity index (χ3v) is 5.05. The van der Waals surface area contributed by atoms with Gasteiger partial charge in [0.1, 0.15) is 10.0 Å². The lowest BCUT2D eigenvalue weighted by Gasteiger charge is -2.10. The predicted octanol–water partition coefficient (Wildman–Crippen LogP) is 5.89. The summed E-state index contributed by atoms with van der Waals surface area (Å²) in [5.41, 5.74) is 4.11. The first kappa shape index (κ1) is 20.3. The molecule has 5 nitrogen and oxygen atoms in total. The van der Waals surface area contributed by atoms with Crippen molar-refractivity contribution in [1.29, 1.82) is 0 Å². The summed E-state index contributed by atoms with van der Waals surface area (Å²) in [6, 6.07) is 7.91. The third-order valence-electron chi connectivity index (χ3n) is 4.02. The van der Waals surface area contributed by atoms with E-state index >= 15 is 0 Å². The second-order valence-electron chi connectivity index (χ2n) is 6.37. The molecule has 2 heterocycles. The molecule has 0 aliphatic heterocycles. The Morgan fingerprint density at radius 3 is 2.79 bits per heavy atom. The van der Waals surface area contributed by atoms with Crippen LogP contribution in [0.5, 0.6) is 5.88 Å². The fourth-order valence-electron chi connectivity index (χ4n) is 2.81. The standard InChI is InChI=1S/C21H22ClN3O2S/c1-5-16-14(9-10-26-4)7-6-8-17(16)19-24-21(28-25-19)15-11-18(22)20(23-12-15)27-13(2)3/h6-13H,5H2,1-4H3. The summed E-state index contributed by atoms with van der Waals surface area (Å²) >= 11 is 7.64. The van der Waals surface area contributed by atoms with Gasteiger partial charge in [-0.2, -0.15) is 4.37 Å². The molecule has 0 saturated heterocycles. The first-order chi connectivity index (χ1) is 13.5. The van der Waals surface area contributed by atoms with Crippen LogP contribution < -0.4 is 4.74 Å². The van der Waals surface area contributed by atoms with Crippen molar-refractivity contribution in [2.75, 3.05) is 7.11 Å². The molecule has 0 spiro atoms. The van der Waals surface area contributed by atoms with E-state index in [1.54, 1.807) is 19.6 Å². The molecule has 0 amide bonds. The Labute approximate surface area is 174 Å². The van der Waals surface area contributed by atoms with Gasteiger partial charge in [-0.3, -0.25) is 0 Å². The summed E-state index contributed by atoms with van der Waals surface area (Å²) in [7, 11) is 1.64. The average molecular weight is 416 g/mol. The summed E-state index contributed by atoms with van der Waals surface area (Å²) in [5.74, 6) is 1.12. The van der Waals surface area contributed by atoms with E-state index < -0.39 is 0 Å². The number of nitrogens with zero attached hydrogens (tertiary/aromatic N) is 3. The van der Waals surface area contributed by atoms with E-state index in [4.69, 9.17) is 26.1 Å². The molecule has 0 radical (unpaired) electrons. The maximum Gasteiger partial charge on any atom is 0.232 e. The van der Waals surface area contributed by atoms with E-state index in [-0.39, 0.29) is 6.10 Å². The second kappa shape index (κ2) is 9.17. The Hall–Kier alpha value is -2.44. The molecule has 0 saturated carbocycles. The second-order valence-corrected chi connectivity index (χ2v) is 7.53. The van der Waals surface area contributed by atoms with Crippen LogP contribution >= 0.6 is 23.1 Å². The van der Waals surface area contributed by atoms with Gasteiger partial charge >= 0.3 is 0 Å². The fraction of sp³-hybridized carbons (Fsp3) is 0.286. The number of ether oxygens (including phenoxy) is 2. The Morgan fingerprint density at radius 1 is 1.29 bits per heavy atom. The highest BCUT2D eigenvalue weighted by Crippen LogP contribution is 2.32. The zero-order valence-corrected chi connectivity index (χ0v) is 17.8. The molecule has 0 aliphatic rings. The number of benzene rings is 1. The normalized spacial score (nSPS) is 11.4. The lowest BCUT2D eigenvalue weighted by atomic mass is 9.98. The van der Waals surface area contributed by atoms with Gasteiger partial charge in [-0.15, -0.1) is 0 Å². The van der Waals surface area contributed by atoms with E-state index in [0.717, 1.165) is 28.1 Å². The molecule has 0 bridgehead atoms. The van der Waals surface area contributed by atoms with E-state index in [0.29, 0.717) is 16.7 Å². The summed E-state index contributed by atoms with van der Waals surface area (Å²) in [4.78, 5) is 9.05. The molecule has 0 N–H and O–H groups in total. The van der Waals surface area contributed by atoms with Crippen LogP contribution in [0.2, 0.25) is 5.02 Å². The number of pyridine rings is 1. The van der Waals surface area contributed by atoms with E-state index in [1.807, 2.05) is 38.1 Å². The summed E-state index contributed by atoms with van der Waals surface area (Å²) < 4.78 is 15.2. The summed E-state index contributed by atoms with van der Waals surface area (Å²) in [6.45, 7) is 5.99. The minimum absolute atomic E-state index is 0.0101. The predicted molar refractivity (Wildman–Crippen MR) is 115 cm³/mol. The van der Waals surface area contributed by atoms with Gasteiger partial charge in [0.15, 0.2) is 5.82 Å². The quantitative estimate of drug-likeness (QED) is 0.450. The van der Waals surface area contributed by atoms with Crippen molar-refractivity contribution in [3.05, 3.63) is 52.9 Å². The van der Waals surface area contributed by atoms with Crippen molar-refractivity contribution in [3.63, 3.8) is 0 Å². The van der Waals surface area contributed by atoms with Crippen molar-refractivity contribution in [1.82, 2.24) is 14.3 Å². The van der Waals surface area contributed by atoms with Crippen LogP contribution in [-0.4, -0.2) is 27.6 Å².